The first-order valence-corrected chi connectivity index (χ1v) is 6.61. The summed E-state index contributed by atoms with van der Waals surface area (Å²) in [7, 11) is 0. The molecule has 0 aliphatic rings. The Morgan fingerprint density at radius 2 is 1.88 bits per heavy atom. The predicted octanol–water partition coefficient (Wildman–Crippen LogP) is 3.73. The predicted molar refractivity (Wildman–Crippen MR) is 72.3 cm³/mol. The molecule has 1 N–H and O–H groups in total. The number of hydrogen-bond donors (Lipinski definition) is 1. The first kappa shape index (κ1) is 12.3. The van der Waals surface area contributed by atoms with E-state index in [-0.39, 0.29) is 6.61 Å². The minimum absolute atomic E-state index is 0.0804. The highest BCUT2D eigenvalue weighted by Crippen LogP contribution is 2.31. The summed E-state index contributed by atoms with van der Waals surface area (Å²) < 4.78 is 0. The summed E-state index contributed by atoms with van der Waals surface area (Å²) in [6, 6.07) is 8.34. The molecule has 0 aliphatic heterocycles. The van der Waals surface area contributed by atoms with Gasteiger partial charge in [0.05, 0.1) is 17.2 Å². The lowest BCUT2D eigenvalue weighted by molar-refractivity contribution is 0.283. The van der Waals surface area contributed by atoms with Gasteiger partial charge in [-0.1, -0.05) is 43.7 Å². The Labute approximate surface area is 106 Å². The minimum Gasteiger partial charge on any atom is -0.391 e. The SMILES string of the molecule is Cc1ccc(-c2nc(C(C)C)c(CO)s2)cc1. The van der Waals surface area contributed by atoms with Crippen LogP contribution in [0.25, 0.3) is 10.6 Å². The van der Waals surface area contributed by atoms with Crippen molar-refractivity contribution in [3.63, 3.8) is 0 Å². The monoisotopic (exact) mass is 247 g/mol. The maximum absolute atomic E-state index is 9.34. The van der Waals surface area contributed by atoms with Gasteiger partial charge in [-0.2, -0.15) is 0 Å². The molecule has 0 aliphatic carbocycles. The average molecular weight is 247 g/mol. The van der Waals surface area contributed by atoms with Crippen molar-refractivity contribution in [2.75, 3.05) is 0 Å². The summed E-state index contributed by atoms with van der Waals surface area (Å²) in [5, 5.41) is 10.3. The average Bonchev–Trinajstić information content (AvgIpc) is 2.74. The van der Waals surface area contributed by atoms with E-state index in [1.54, 1.807) is 11.3 Å². The maximum atomic E-state index is 9.34. The first-order chi connectivity index (χ1) is 8.11. The molecule has 0 bridgehead atoms. The molecular formula is C14H17NOS. The van der Waals surface area contributed by atoms with Crippen LogP contribution in [-0.4, -0.2) is 10.1 Å². The zero-order chi connectivity index (χ0) is 12.4. The quantitative estimate of drug-likeness (QED) is 0.896. The molecule has 3 heteroatoms. The molecule has 1 heterocycles. The van der Waals surface area contributed by atoms with E-state index in [4.69, 9.17) is 0 Å². The van der Waals surface area contributed by atoms with E-state index in [0.717, 1.165) is 21.1 Å². The van der Waals surface area contributed by atoms with Crippen LogP contribution in [0.3, 0.4) is 0 Å². The van der Waals surface area contributed by atoms with Gasteiger partial charge >= 0.3 is 0 Å². The molecule has 2 aromatic rings. The fraction of sp³-hybridized carbons (Fsp3) is 0.357. The van der Waals surface area contributed by atoms with Gasteiger partial charge in [0, 0.05) is 5.56 Å². The highest BCUT2D eigenvalue weighted by molar-refractivity contribution is 7.15. The zero-order valence-electron chi connectivity index (χ0n) is 10.4. The second-order valence-electron chi connectivity index (χ2n) is 4.51. The number of aromatic nitrogens is 1. The normalized spacial score (nSPS) is 11.1. The summed E-state index contributed by atoms with van der Waals surface area (Å²) in [6.45, 7) is 6.36. The van der Waals surface area contributed by atoms with Gasteiger partial charge in [0.2, 0.25) is 0 Å². The molecule has 0 saturated heterocycles. The molecule has 0 fully saturated rings. The van der Waals surface area contributed by atoms with Crippen LogP contribution in [0.4, 0.5) is 0 Å². The fourth-order valence-corrected chi connectivity index (χ4v) is 2.83. The van der Waals surface area contributed by atoms with Crippen LogP contribution in [0.5, 0.6) is 0 Å². The van der Waals surface area contributed by atoms with Gasteiger partial charge in [0.15, 0.2) is 0 Å². The number of aliphatic hydroxyl groups is 1. The molecule has 2 rings (SSSR count). The summed E-state index contributed by atoms with van der Waals surface area (Å²) in [5.74, 6) is 0.354. The van der Waals surface area contributed by atoms with Crippen molar-refractivity contribution >= 4 is 11.3 Å². The Morgan fingerprint density at radius 1 is 1.24 bits per heavy atom. The minimum atomic E-state index is 0.0804. The van der Waals surface area contributed by atoms with Crippen LogP contribution < -0.4 is 0 Å². The molecule has 0 atom stereocenters. The lowest BCUT2D eigenvalue weighted by Crippen LogP contribution is -1.93. The largest absolute Gasteiger partial charge is 0.391 e. The van der Waals surface area contributed by atoms with Gasteiger partial charge in [-0.3, -0.25) is 0 Å². The lowest BCUT2D eigenvalue weighted by Gasteiger charge is -2.01. The summed E-state index contributed by atoms with van der Waals surface area (Å²) in [5.41, 5.74) is 3.40. The zero-order valence-corrected chi connectivity index (χ0v) is 11.2. The number of rotatable bonds is 3. The van der Waals surface area contributed by atoms with Gasteiger partial charge in [0.1, 0.15) is 5.01 Å². The molecule has 2 nitrogen and oxygen atoms in total. The number of aryl methyl sites for hydroxylation is 1. The maximum Gasteiger partial charge on any atom is 0.123 e. The van der Waals surface area contributed by atoms with Crippen LogP contribution in [0.1, 0.15) is 35.9 Å². The van der Waals surface area contributed by atoms with Crippen LogP contribution in [-0.2, 0) is 6.61 Å². The molecule has 0 amide bonds. The molecule has 90 valence electrons. The molecule has 0 radical (unpaired) electrons. The Morgan fingerprint density at radius 3 is 2.35 bits per heavy atom. The third kappa shape index (κ3) is 2.56. The number of thiazole rings is 1. The lowest BCUT2D eigenvalue weighted by atomic mass is 10.1. The summed E-state index contributed by atoms with van der Waals surface area (Å²) in [6.07, 6.45) is 0. The second-order valence-corrected chi connectivity index (χ2v) is 5.59. The third-order valence-corrected chi connectivity index (χ3v) is 3.82. The van der Waals surface area contributed by atoms with E-state index in [0.29, 0.717) is 5.92 Å². The van der Waals surface area contributed by atoms with Crippen molar-refractivity contribution in [1.29, 1.82) is 0 Å². The van der Waals surface area contributed by atoms with Crippen molar-refractivity contribution in [3.8, 4) is 10.6 Å². The Kier molecular flexibility index (Phi) is 3.60. The van der Waals surface area contributed by atoms with E-state index in [9.17, 15) is 5.11 Å². The van der Waals surface area contributed by atoms with Gasteiger partial charge < -0.3 is 5.11 Å². The topological polar surface area (TPSA) is 33.1 Å². The van der Waals surface area contributed by atoms with Crippen molar-refractivity contribution < 1.29 is 5.11 Å². The highest BCUT2D eigenvalue weighted by atomic mass is 32.1. The van der Waals surface area contributed by atoms with E-state index in [2.05, 4.69) is 50.0 Å². The van der Waals surface area contributed by atoms with Crippen molar-refractivity contribution in [1.82, 2.24) is 4.98 Å². The Balaban J connectivity index is 2.42. The van der Waals surface area contributed by atoms with Crippen LogP contribution in [0.2, 0.25) is 0 Å². The second kappa shape index (κ2) is 4.98. The first-order valence-electron chi connectivity index (χ1n) is 5.79. The van der Waals surface area contributed by atoms with Gasteiger partial charge in [-0.15, -0.1) is 11.3 Å². The Bertz CT molecular complexity index is 499. The number of hydrogen-bond acceptors (Lipinski definition) is 3. The van der Waals surface area contributed by atoms with E-state index >= 15 is 0 Å². The van der Waals surface area contributed by atoms with Crippen LogP contribution in [0.15, 0.2) is 24.3 Å². The Hall–Kier alpha value is -1.19. The third-order valence-electron chi connectivity index (χ3n) is 2.72. The highest BCUT2D eigenvalue weighted by Gasteiger charge is 2.14. The number of aliphatic hydroxyl groups excluding tert-OH is 1. The van der Waals surface area contributed by atoms with Crippen molar-refractivity contribution in [2.24, 2.45) is 0 Å². The van der Waals surface area contributed by atoms with Crippen molar-refractivity contribution in [3.05, 3.63) is 40.4 Å². The molecule has 0 unspecified atom stereocenters. The number of benzene rings is 1. The van der Waals surface area contributed by atoms with E-state index in [1.807, 2.05) is 0 Å². The van der Waals surface area contributed by atoms with Gasteiger partial charge in [-0.05, 0) is 12.8 Å². The molecule has 1 aromatic heterocycles. The van der Waals surface area contributed by atoms with Gasteiger partial charge in [0.25, 0.3) is 0 Å². The standard InChI is InChI=1S/C14H17NOS/c1-9(2)13-12(8-16)17-14(15-13)11-6-4-10(3)5-7-11/h4-7,9,16H,8H2,1-3H3. The molecule has 0 spiro atoms. The number of nitrogens with zero attached hydrogens (tertiary/aromatic N) is 1. The molecule has 17 heavy (non-hydrogen) atoms. The smallest absolute Gasteiger partial charge is 0.123 e. The van der Waals surface area contributed by atoms with E-state index < -0.39 is 0 Å². The fourth-order valence-electron chi connectivity index (χ4n) is 1.75. The molecule has 0 saturated carbocycles. The summed E-state index contributed by atoms with van der Waals surface area (Å²) in [4.78, 5) is 5.62. The summed E-state index contributed by atoms with van der Waals surface area (Å²) >= 11 is 1.59. The van der Waals surface area contributed by atoms with E-state index in [1.165, 1.54) is 5.56 Å². The van der Waals surface area contributed by atoms with Crippen molar-refractivity contribution in [2.45, 2.75) is 33.3 Å². The van der Waals surface area contributed by atoms with Crippen LogP contribution in [0, 0.1) is 6.92 Å². The van der Waals surface area contributed by atoms with Gasteiger partial charge in [-0.25, -0.2) is 4.98 Å². The van der Waals surface area contributed by atoms with Crippen LogP contribution >= 0.6 is 11.3 Å². The molecular weight excluding hydrogens is 230 g/mol. The molecule has 1 aromatic carbocycles.